The SMILES string of the molecule is COc1ccc(CC(=O)O)cc1S(=O)(=O)N(C)CCN1CCCCC1C. The molecule has 146 valence electrons. The molecule has 8 heteroatoms. The van der Waals surface area contributed by atoms with Gasteiger partial charge in [-0.1, -0.05) is 12.5 Å². The summed E-state index contributed by atoms with van der Waals surface area (Å²) in [5.41, 5.74) is 0.426. The second-order valence-corrected chi connectivity index (χ2v) is 8.78. The summed E-state index contributed by atoms with van der Waals surface area (Å²) in [6, 6.07) is 4.93. The third-order valence-electron chi connectivity index (χ3n) is 4.91. The number of rotatable bonds is 8. The van der Waals surface area contributed by atoms with E-state index in [2.05, 4.69) is 11.8 Å². The van der Waals surface area contributed by atoms with E-state index in [-0.39, 0.29) is 17.1 Å². The highest BCUT2D eigenvalue weighted by Gasteiger charge is 2.27. The van der Waals surface area contributed by atoms with Crippen LogP contribution in [-0.2, 0) is 21.2 Å². The smallest absolute Gasteiger partial charge is 0.307 e. The molecule has 1 N–H and O–H groups in total. The standard InChI is InChI=1S/C18H28N2O5S/c1-14-6-4-5-9-20(14)11-10-19(2)26(23,24)17-12-15(13-18(21)22)7-8-16(17)25-3/h7-8,12,14H,4-6,9-11,13H2,1-3H3,(H,21,22). The highest BCUT2D eigenvalue weighted by molar-refractivity contribution is 7.89. The molecule has 2 rings (SSSR count). The molecule has 0 saturated carbocycles. The van der Waals surface area contributed by atoms with Crippen molar-refractivity contribution in [2.75, 3.05) is 33.8 Å². The van der Waals surface area contributed by atoms with Gasteiger partial charge in [-0.3, -0.25) is 9.69 Å². The normalized spacial score (nSPS) is 18.8. The molecule has 1 aliphatic rings. The second kappa shape index (κ2) is 8.83. The minimum absolute atomic E-state index is 0.00735. The van der Waals surface area contributed by atoms with Gasteiger partial charge in [-0.25, -0.2) is 8.42 Å². The molecule has 1 aromatic carbocycles. The van der Waals surface area contributed by atoms with Crippen molar-refractivity contribution in [2.45, 2.75) is 43.5 Å². The van der Waals surface area contributed by atoms with Crippen molar-refractivity contribution in [3.05, 3.63) is 23.8 Å². The summed E-state index contributed by atoms with van der Waals surface area (Å²) in [4.78, 5) is 13.3. The van der Waals surface area contributed by atoms with Crippen molar-refractivity contribution in [1.82, 2.24) is 9.21 Å². The molecule has 7 nitrogen and oxygen atoms in total. The number of nitrogens with zero attached hydrogens (tertiary/aromatic N) is 2. The number of carbonyl (C=O) groups is 1. The van der Waals surface area contributed by atoms with Gasteiger partial charge in [0, 0.05) is 26.2 Å². The van der Waals surface area contributed by atoms with Crippen LogP contribution in [0.2, 0.25) is 0 Å². The maximum absolute atomic E-state index is 13.0. The number of sulfonamides is 1. The zero-order valence-electron chi connectivity index (χ0n) is 15.6. The van der Waals surface area contributed by atoms with Crippen LogP contribution in [0.15, 0.2) is 23.1 Å². The summed E-state index contributed by atoms with van der Waals surface area (Å²) in [6.45, 7) is 4.21. The number of likely N-dealkylation sites (tertiary alicyclic amines) is 1. The quantitative estimate of drug-likeness (QED) is 0.736. The Morgan fingerprint density at radius 2 is 2.12 bits per heavy atom. The Hall–Kier alpha value is -1.64. The van der Waals surface area contributed by atoms with Crippen LogP contribution in [-0.4, -0.2) is 68.5 Å². The summed E-state index contributed by atoms with van der Waals surface area (Å²) < 4.78 is 32.5. The number of methoxy groups -OCH3 is 1. The van der Waals surface area contributed by atoms with Crippen molar-refractivity contribution in [1.29, 1.82) is 0 Å². The number of ether oxygens (including phenoxy) is 1. The van der Waals surface area contributed by atoms with Crippen LogP contribution < -0.4 is 4.74 Å². The van der Waals surface area contributed by atoms with Crippen molar-refractivity contribution >= 4 is 16.0 Å². The lowest BCUT2D eigenvalue weighted by Gasteiger charge is -2.34. The molecular weight excluding hydrogens is 356 g/mol. The van der Waals surface area contributed by atoms with E-state index in [1.54, 1.807) is 13.1 Å². The van der Waals surface area contributed by atoms with Gasteiger partial charge in [0.15, 0.2) is 0 Å². The zero-order chi connectivity index (χ0) is 19.3. The molecular formula is C18H28N2O5S. The van der Waals surface area contributed by atoms with Crippen LogP contribution in [0, 0.1) is 0 Å². The molecule has 0 aromatic heterocycles. The van der Waals surface area contributed by atoms with Gasteiger partial charge < -0.3 is 9.84 Å². The molecule has 1 unspecified atom stereocenters. The van der Waals surface area contributed by atoms with Crippen LogP contribution in [0.5, 0.6) is 5.75 Å². The van der Waals surface area contributed by atoms with Gasteiger partial charge in [-0.2, -0.15) is 4.31 Å². The minimum Gasteiger partial charge on any atom is -0.495 e. The molecule has 1 saturated heterocycles. The average molecular weight is 384 g/mol. The lowest BCUT2D eigenvalue weighted by Crippen LogP contribution is -2.43. The first-order chi connectivity index (χ1) is 12.3. The molecule has 1 aromatic rings. The van der Waals surface area contributed by atoms with Gasteiger partial charge in [-0.05, 0) is 44.0 Å². The molecule has 0 amide bonds. The zero-order valence-corrected chi connectivity index (χ0v) is 16.5. The van der Waals surface area contributed by atoms with Crippen LogP contribution in [0.3, 0.4) is 0 Å². The lowest BCUT2D eigenvalue weighted by atomic mass is 10.0. The van der Waals surface area contributed by atoms with Crippen LogP contribution in [0.25, 0.3) is 0 Å². The first-order valence-electron chi connectivity index (χ1n) is 8.84. The summed E-state index contributed by atoms with van der Waals surface area (Å²) in [7, 11) is -0.817. The Bertz CT molecular complexity index is 735. The monoisotopic (exact) mass is 384 g/mol. The molecule has 1 aliphatic heterocycles. The molecule has 1 fully saturated rings. The third-order valence-corrected chi connectivity index (χ3v) is 6.79. The fourth-order valence-electron chi connectivity index (χ4n) is 3.25. The van der Waals surface area contributed by atoms with E-state index in [0.29, 0.717) is 24.7 Å². The molecule has 26 heavy (non-hydrogen) atoms. The van der Waals surface area contributed by atoms with E-state index in [9.17, 15) is 13.2 Å². The maximum Gasteiger partial charge on any atom is 0.307 e. The number of likely N-dealkylation sites (N-methyl/N-ethyl adjacent to an activating group) is 1. The Morgan fingerprint density at radius 3 is 2.73 bits per heavy atom. The molecule has 0 radical (unpaired) electrons. The highest BCUT2D eigenvalue weighted by atomic mass is 32.2. The van der Waals surface area contributed by atoms with Crippen molar-refractivity contribution < 1.29 is 23.1 Å². The molecule has 0 aliphatic carbocycles. The van der Waals surface area contributed by atoms with Crippen LogP contribution in [0.4, 0.5) is 0 Å². The first kappa shape index (κ1) is 20.7. The van der Waals surface area contributed by atoms with Crippen LogP contribution >= 0.6 is 0 Å². The van der Waals surface area contributed by atoms with Gasteiger partial charge in [0.2, 0.25) is 10.0 Å². The molecule has 0 spiro atoms. The highest BCUT2D eigenvalue weighted by Crippen LogP contribution is 2.28. The summed E-state index contributed by atoms with van der Waals surface area (Å²) in [6.07, 6.45) is 3.27. The first-order valence-corrected chi connectivity index (χ1v) is 10.3. The second-order valence-electron chi connectivity index (χ2n) is 6.76. The van der Waals surface area contributed by atoms with Gasteiger partial charge in [0.25, 0.3) is 0 Å². The van der Waals surface area contributed by atoms with E-state index in [1.165, 1.54) is 30.0 Å². The number of aliphatic carboxylic acids is 1. The minimum atomic E-state index is -3.77. The van der Waals surface area contributed by atoms with Gasteiger partial charge in [0.1, 0.15) is 10.6 Å². The number of hydrogen-bond donors (Lipinski definition) is 1. The number of hydrogen-bond acceptors (Lipinski definition) is 5. The van der Waals surface area contributed by atoms with Crippen molar-refractivity contribution in [3.8, 4) is 5.75 Å². The third kappa shape index (κ3) is 4.96. The Morgan fingerprint density at radius 1 is 1.38 bits per heavy atom. The summed E-state index contributed by atoms with van der Waals surface area (Å²) in [5, 5.41) is 8.95. The van der Waals surface area contributed by atoms with Gasteiger partial charge in [0.05, 0.1) is 13.5 Å². The Kier molecular flexibility index (Phi) is 7.02. The van der Waals surface area contributed by atoms with E-state index in [1.807, 2.05) is 0 Å². The van der Waals surface area contributed by atoms with E-state index >= 15 is 0 Å². The Balaban J connectivity index is 2.17. The fraction of sp³-hybridized carbons (Fsp3) is 0.611. The average Bonchev–Trinajstić information content (AvgIpc) is 2.60. The van der Waals surface area contributed by atoms with Crippen molar-refractivity contribution in [2.24, 2.45) is 0 Å². The predicted molar refractivity (Wildman–Crippen MR) is 99.0 cm³/mol. The molecule has 0 bridgehead atoms. The number of carboxylic acid groups (broad SMARTS) is 1. The van der Waals surface area contributed by atoms with E-state index in [4.69, 9.17) is 9.84 Å². The number of piperidine rings is 1. The van der Waals surface area contributed by atoms with Gasteiger partial charge in [-0.15, -0.1) is 0 Å². The topological polar surface area (TPSA) is 87.1 Å². The molecule has 1 heterocycles. The fourth-order valence-corrected chi connectivity index (χ4v) is 4.62. The predicted octanol–water partition coefficient (Wildman–Crippen LogP) is 1.82. The summed E-state index contributed by atoms with van der Waals surface area (Å²) in [5.74, 6) is -0.789. The van der Waals surface area contributed by atoms with Crippen molar-refractivity contribution in [3.63, 3.8) is 0 Å². The number of benzene rings is 1. The van der Waals surface area contributed by atoms with Crippen LogP contribution in [0.1, 0.15) is 31.7 Å². The molecule has 1 atom stereocenters. The van der Waals surface area contributed by atoms with Gasteiger partial charge >= 0.3 is 5.97 Å². The maximum atomic E-state index is 13.0. The van der Waals surface area contributed by atoms with E-state index in [0.717, 1.165) is 19.4 Å². The number of carboxylic acids is 1. The summed E-state index contributed by atoms with van der Waals surface area (Å²) >= 11 is 0. The lowest BCUT2D eigenvalue weighted by molar-refractivity contribution is -0.136. The van der Waals surface area contributed by atoms with E-state index < -0.39 is 16.0 Å². The largest absolute Gasteiger partial charge is 0.495 e. The Labute approximate surface area is 155 Å².